The van der Waals surface area contributed by atoms with Crippen LogP contribution in [0, 0.1) is 13.8 Å². The molecule has 0 aromatic heterocycles. The Morgan fingerprint density at radius 2 is 1.88 bits per heavy atom. The Bertz CT molecular complexity index is 542. The second-order valence-electron chi connectivity index (χ2n) is 4.93. The first-order valence-corrected chi connectivity index (χ1v) is 5.60. The highest BCUT2D eigenvalue weighted by Crippen LogP contribution is 2.44. The maximum absolute atomic E-state index is 12.3. The molecule has 0 saturated carbocycles. The second-order valence-corrected chi connectivity index (χ2v) is 4.93. The lowest BCUT2D eigenvalue weighted by molar-refractivity contribution is 0.0683. The molecular weight excluding hydrogens is 214 g/mol. The number of ketones is 1. The molecule has 0 fully saturated rings. The van der Waals surface area contributed by atoms with E-state index in [9.17, 15) is 4.79 Å². The summed E-state index contributed by atoms with van der Waals surface area (Å²) in [6.45, 7) is 11.1. The van der Waals surface area contributed by atoms with Crippen LogP contribution in [0.25, 0.3) is 6.08 Å². The van der Waals surface area contributed by atoms with Crippen LogP contribution in [0.2, 0.25) is 0 Å². The minimum Gasteiger partial charge on any atom is -0.479 e. The number of Topliss-reactive ketones (excluding diaryl/α,β-unsaturated/α-hetero) is 1. The summed E-state index contributed by atoms with van der Waals surface area (Å²) in [7, 11) is 0. The van der Waals surface area contributed by atoms with Gasteiger partial charge in [-0.05, 0) is 38.8 Å². The Morgan fingerprint density at radius 1 is 1.29 bits per heavy atom. The molecule has 2 N–H and O–H groups in total. The number of hydrogen-bond acceptors (Lipinski definition) is 3. The SMILES string of the molecule is C=Cc1c(N)c(C)c(C)c2c1C(=O)C(C)(C)O2. The lowest BCUT2D eigenvalue weighted by atomic mass is 9.91. The van der Waals surface area contributed by atoms with Gasteiger partial charge in [0.05, 0.1) is 5.56 Å². The van der Waals surface area contributed by atoms with Gasteiger partial charge in [0.25, 0.3) is 0 Å². The van der Waals surface area contributed by atoms with E-state index in [4.69, 9.17) is 10.5 Å². The molecule has 1 aromatic carbocycles. The molecule has 0 unspecified atom stereocenters. The summed E-state index contributed by atoms with van der Waals surface area (Å²) < 4.78 is 5.76. The first-order chi connectivity index (χ1) is 7.81. The van der Waals surface area contributed by atoms with Crippen molar-refractivity contribution < 1.29 is 9.53 Å². The van der Waals surface area contributed by atoms with Crippen molar-refractivity contribution in [3.63, 3.8) is 0 Å². The van der Waals surface area contributed by atoms with Crippen LogP contribution >= 0.6 is 0 Å². The first kappa shape index (κ1) is 11.7. The number of rotatable bonds is 1. The number of hydrogen-bond donors (Lipinski definition) is 1. The van der Waals surface area contributed by atoms with Crippen LogP contribution in [-0.4, -0.2) is 11.4 Å². The Labute approximate surface area is 101 Å². The van der Waals surface area contributed by atoms with E-state index in [1.807, 2.05) is 13.8 Å². The van der Waals surface area contributed by atoms with Crippen molar-refractivity contribution in [3.05, 3.63) is 28.8 Å². The summed E-state index contributed by atoms with van der Waals surface area (Å²) in [6, 6.07) is 0. The second kappa shape index (κ2) is 3.36. The molecule has 3 nitrogen and oxygen atoms in total. The summed E-state index contributed by atoms with van der Waals surface area (Å²) in [5.41, 5.74) is 8.99. The lowest BCUT2D eigenvalue weighted by Gasteiger charge is -2.16. The normalized spacial score (nSPS) is 16.6. The summed E-state index contributed by atoms with van der Waals surface area (Å²) in [4.78, 5) is 12.3. The van der Waals surface area contributed by atoms with Gasteiger partial charge in [-0.25, -0.2) is 0 Å². The summed E-state index contributed by atoms with van der Waals surface area (Å²) in [6.07, 6.45) is 1.63. The summed E-state index contributed by atoms with van der Waals surface area (Å²) in [5, 5.41) is 0. The number of benzene rings is 1. The van der Waals surface area contributed by atoms with Gasteiger partial charge in [-0.2, -0.15) is 0 Å². The highest BCUT2D eigenvalue weighted by atomic mass is 16.5. The van der Waals surface area contributed by atoms with E-state index < -0.39 is 5.60 Å². The molecule has 1 heterocycles. The van der Waals surface area contributed by atoms with Gasteiger partial charge in [0.15, 0.2) is 5.60 Å². The molecule has 0 aliphatic carbocycles. The number of nitrogen functional groups attached to an aromatic ring is 1. The molecule has 1 aliphatic heterocycles. The Kier molecular flexibility index (Phi) is 2.31. The fraction of sp³-hybridized carbons (Fsp3) is 0.357. The van der Waals surface area contributed by atoms with Gasteiger partial charge in [0, 0.05) is 11.3 Å². The molecule has 2 rings (SSSR count). The highest BCUT2D eigenvalue weighted by molar-refractivity contribution is 6.11. The van der Waals surface area contributed by atoms with Crippen LogP contribution in [0.3, 0.4) is 0 Å². The molecule has 0 radical (unpaired) electrons. The largest absolute Gasteiger partial charge is 0.479 e. The van der Waals surface area contributed by atoms with Crippen molar-refractivity contribution in [2.45, 2.75) is 33.3 Å². The molecule has 1 aromatic rings. The highest BCUT2D eigenvalue weighted by Gasteiger charge is 2.42. The molecule has 0 saturated heterocycles. The predicted molar refractivity (Wildman–Crippen MR) is 69.5 cm³/mol. The maximum Gasteiger partial charge on any atom is 0.210 e. The van der Waals surface area contributed by atoms with Crippen molar-refractivity contribution in [1.82, 2.24) is 0 Å². The van der Waals surface area contributed by atoms with Crippen LogP contribution in [0.4, 0.5) is 5.69 Å². The molecule has 0 amide bonds. The first-order valence-electron chi connectivity index (χ1n) is 5.60. The van der Waals surface area contributed by atoms with Gasteiger partial charge in [-0.15, -0.1) is 0 Å². The molecule has 3 heteroatoms. The summed E-state index contributed by atoms with van der Waals surface area (Å²) in [5.74, 6) is 0.624. The van der Waals surface area contributed by atoms with Crippen LogP contribution in [0.15, 0.2) is 6.58 Å². The molecule has 0 bridgehead atoms. The smallest absolute Gasteiger partial charge is 0.210 e. The molecular formula is C14H17NO2. The number of carbonyl (C=O) groups excluding carboxylic acids is 1. The Hall–Kier alpha value is -1.77. The van der Waals surface area contributed by atoms with Gasteiger partial charge in [0.1, 0.15) is 5.75 Å². The minimum atomic E-state index is -0.814. The zero-order chi connectivity index (χ0) is 13.0. The van der Waals surface area contributed by atoms with Crippen molar-refractivity contribution in [2.24, 2.45) is 0 Å². The van der Waals surface area contributed by atoms with Crippen LogP contribution < -0.4 is 10.5 Å². The average molecular weight is 231 g/mol. The summed E-state index contributed by atoms with van der Waals surface area (Å²) >= 11 is 0. The topological polar surface area (TPSA) is 52.3 Å². The number of carbonyl (C=O) groups is 1. The molecule has 0 atom stereocenters. The van der Waals surface area contributed by atoms with Crippen LogP contribution in [0.1, 0.15) is 40.9 Å². The number of ether oxygens (including phenoxy) is 1. The maximum atomic E-state index is 12.3. The van der Waals surface area contributed by atoms with Gasteiger partial charge >= 0.3 is 0 Å². The van der Waals surface area contributed by atoms with Gasteiger partial charge in [0.2, 0.25) is 5.78 Å². The Balaban J connectivity index is 2.87. The van der Waals surface area contributed by atoms with Crippen molar-refractivity contribution in [1.29, 1.82) is 0 Å². The minimum absolute atomic E-state index is 0.0304. The zero-order valence-corrected chi connectivity index (χ0v) is 10.7. The average Bonchev–Trinajstić information content (AvgIpc) is 2.50. The third-order valence-electron chi connectivity index (χ3n) is 3.43. The third kappa shape index (κ3) is 1.38. The quantitative estimate of drug-likeness (QED) is 0.756. The van der Waals surface area contributed by atoms with E-state index in [2.05, 4.69) is 6.58 Å². The van der Waals surface area contributed by atoms with Gasteiger partial charge < -0.3 is 10.5 Å². The van der Waals surface area contributed by atoms with E-state index in [-0.39, 0.29) is 5.78 Å². The molecule has 0 spiro atoms. The predicted octanol–water partition coefficient (Wildman–Crippen LogP) is 2.88. The van der Waals surface area contributed by atoms with Crippen molar-refractivity contribution in [2.75, 3.05) is 5.73 Å². The lowest BCUT2D eigenvalue weighted by Crippen LogP contribution is -2.32. The van der Waals surface area contributed by atoms with Crippen molar-refractivity contribution in [3.8, 4) is 5.75 Å². The number of fused-ring (bicyclic) bond motifs is 1. The van der Waals surface area contributed by atoms with Crippen LogP contribution in [-0.2, 0) is 0 Å². The zero-order valence-electron chi connectivity index (χ0n) is 10.7. The fourth-order valence-corrected chi connectivity index (χ4v) is 2.19. The van der Waals surface area contributed by atoms with Crippen LogP contribution in [0.5, 0.6) is 5.75 Å². The number of anilines is 1. The van der Waals surface area contributed by atoms with Gasteiger partial charge in [-0.1, -0.05) is 12.7 Å². The van der Waals surface area contributed by atoms with E-state index in [0.29, 0.717) is 22.6 Å². The van der Waals surface area contributed by atoms with Gasteiger partial charge in [-0.3, -0.25) is 4.79 Å². The number of nitrogens with two attached hydrogens (primary N) is 1. The van der Waals surface area contributed by atoms with E-state index in [1.165, 1.54) is 0 Å². The molecule has 90 valence electrons. The van der Waals surface area contributed by atoms with E-state index >= 15 is 0 Å². The monoisotopic (exact) mass is 231 g/mol. The van der Waals surface area contributed by atoms with E-state index in [1.54, 1.807) is 19.9 Å². The standard InChI is InChI=1S/C14H17NO2/c1-6-9-10-12(8(3)7(2)11(9)15)17-14(4,5)13(10)16/h6H,1,15H2,2-5H3. The third-order valence-corrected chi connectivity index (χ3v) is 3.43. The Morgan fingerprint density at radius 3 is 2.41 bits per heavy atom. The van der Waals surface area contributed by atoms with Crippen molar-refractivity contribution >= 4 is 17.5 Å². The fourth-order valence-electron chi connectivity index (χ4n) is 2.19. The molecule has 17 heavy (non-hydrogen) atoms. The van der Waals surface area contributed by atoms with E-state index in [0.717, 1.165) is 11.1 Å². The molecule has 1 aliphatic rings.